The largest absolute Gasteiger partial charge is 0.393 e. The number of hydrogen-bond donors (Lipinski definition) is 2. The van der Waals surface area contributed by atoms with Crippen LogP contribution in [0.5, 0.6) is 0 Å². The number of aromatic nitrogens is 3. The fourth-order valence-corrected chi connectivity index (χ4v) is 1.68. The molecule has 0 radical (unpaired) electrons. The summed E-state index contributed by atoms with van der Waals surface area (Å²) in [5.41, 5.74) is 0.814. The van der Waals surface area contributed by atoms with Crippen LogP contribution in [0.15, 0.2) is 24.4 Å². The summed E-state index contributed by atoms with van der Waals surface area (Å²) >= 11 is 0. The molecule has 0 amide bonds. The van der Waals surface area contributed by atoms with E-state index in [1.54, 1.807) is 11.4 Å². The maximum absolute atomic E-state index is 9.25. The zero-order valence-electron chi connectivity index (χ0n) is 9.46. The molecule has 0 aromatic carbocycles. The Morgan fingerprint density at radius 3 is 2.94 bits per heavy atom. The number of nitrogens with zero attached hydrogens (tertiary/aromatic N) is 3. The van der Waals surface area contributed by atoms with Crippen molar-refractivity contribution in [2.75, 3.05) is 5.32 Å². The average Bonchev–Trinajstić information content (AvgIpc) is 2.57. The van der Waals surface area contributed by atoms with Gasteiger partial charge in [0, 0.05) is 12.2 Å². The number of anilines is 1. The summed E-state index contributed by atoms with van der Waals surface area (Å²) in [6.07, 6.45) is 2.21. The predicted molar refractivity (Wildman–Crippen MR) is 62.4 cm³/mol. The summed E-state index contributed by atoms with van der Waals surface area (Å²) in [5.74, 6) is 0.597. The van der Waals surface area contributed by atoms with Crippen LogP contribution in [0.25, 0.3) is 5.65 Å². The normalized spacial score (nSPS) is 14.9. The van der Waals surface area contributed by atoms with Crippen molar-refractivity contribution in [3.63, 3.8) is 0 Å². The van der Waals surface area contributed by atoms with Gasteiger partial charge < -0.3 is 10.4 Å². The first-order chi connectivity index (χ1) is 7.65. The van der Waals surface area contributed by atoms with E-state index in [9.17, 15) is 5.11 Å². The molecular formula is C11H16N4O. The van der Waals surface area contributed by atoms with Crippen molar-refractivity contribution < 1.29 is 5.11 Å². The van der Waals surface area contributed by atoms with Crippen molar-refractivity contribution in [3.05, 3.63) is 24.4 Å². The first kappa shape index (κ1) is 10.9. The third kappa shape index (κ3) is 2.49. The van der Waals surface area contributed by atoms with Crippen molar-refractivity contribution >= 4 is 11.6 Å². The van der Waals surface area contributed by atoms with Gasteiger partial charge in [0.05, 0.1) is 6.10 Å². The fourth-order valence-electron chi connectivity index (χ4n) is 1.68. The molecule has 2 aromatic rings. The molecule has 0 aliphatic carbocycles. The number of pyridine rings is 1. The van der Waals surface area contributed by atoms with Gasteiger partial charge in [0.25, 0.3) is 0 Å². The van der Waals surface area contributed by atoms with Crippen molar-refractivity contribution in [2.24, 2.45) is 0 Å². The van der Waals surface area contributed by atoms with E-state index in [1.165, 1.54) is 0 Å². The predicted octanol–water partition coefficient (Wildman–Crippen LogP) is 1.30. The zero-order valence-corrected chi connectivity index (χ0v) is 9.46. The third-order valence-corrected chi connectivity index (χ3v) is 2.31. The van der Waals surface area contributed by atoms with Crippen molar-refractivity contribution in [1.82, 2.24) is 14.6 Å². The van der Waals surface area contributed by atoms with E-state index in [1.807, 2.05) is 31.3 Å². The van der Waals surface area contributed by atoms with Crippen LogP contribution in [0.1, 0.15) is 20.3 Å². The topological polar surface area (TPSA) is 62.5 Å². The second-order valence-corrected chi connectivity index (χ2v) is 4.07. The maximum atomic E-state index is 9.25. The molecule has 16 heavy (non-hydrogen) atoms. The summed E-state index contributed by atoms with van der Waals surface area (Å²) in [6.45, 7) is 3.77. The molecule has 0 saturated carbocycles. The maximum Gasteiger partial charge on any atom is 0.243 e. The Balaban J connectivity index is 2.09. The van der Waals surface area contributed by atoms with Crippen LogP contribution >= 0.6 is 0 Å². The van der Waals surface area contributed by atoms with Crippen LogP contribution in [0.2, 0.25) is 0 Å². The van der Waals surface area contributed by atoms with Gasteiger partial charge in [-0.15, -0.1) is 5.10 Å². The fraction of sp³-hybridized carbons (Fsp3) is 0.455. The van der Waals surface area contributed by atoms with E-state index in [2.05, 4.69) is 15.4 Å². The standard InChI is InChI=1S/C11H16N4O/c1-8(7-9(2)16)12-11-13-10-5-3-4-6-15(10)14-11/h3-6,8-9,16H,7H2,1-2H3,(H,12,14). The molecule has 0 aliphatic rings. The van der Waals surface area contributed by atoms with Gasteiger partial charge in [-0.25, -0.2) is 4.52 Å². The highest BCUT2D eigenvalue weighted by molar-refractivity contribution is 5.43. The summed E-state index contributed by atoms with van der Waals surface area (Å²) in [5, 5.41) is 16.7. The molecule has 2 unspecified atom stereocenters. The van der Waals surface area contributed by atoms with Crippen LogP contribution in [0.3, 0.4) is 0 Å². The molecule has 2 aromatic heterocycles. The van der Waals surface area contributed by atoms with Crippen molar-refractivity contribution in [2.45, 2.75) is 32.4 Å². The number of hydrogen-bond acceptors (Lipinski definition) is 4. The van der Waals surface area contributed by atoms with E-state index in [0.29, 0.717) is 12.4 Å². The van der Waals surface area contributed by atoms with Gasteiger partial charge in [-0.3, -0.25) is 0 Å². The summed E-state index contributed by atoms with van der Waals surface area (Å²) in [7, 11) is 0. The number of nitrogens with one attached hydrogen (secondary N) is 1. The van der Waals surface area contributed by atoms with Gasteiger partial charge in [0.2, 0.25) is 5.95 Å². The molecule has 0 spiro atoms. The van der Waals surface area contributed by atoms with Crippen LogP contribution in [0, 0.1) is 0 Å². The number of aliphatic hydroxyl groups is 1. The van der Waals surface area contributed by atoms with Crippen LogP contribution in [-0.4, -0.2) is 31.9 Å². The number of rotatable bonds is 4. The quantitative estimate of drug-likeness (QED) is 0.815. The molecule has 0 saturated heterocycles. The molecule has 2 heterocycles. The van der Waals surface area contributed by atoms with Crippen LogP contribution < -0.4 is 5.32 Å². The van der Waals surface area contributed by atoms with Gasteiger partial charge in [-0.1, -0.05) is 6.07 Å². The highest BCUT2D eigenvalue weighted by Gasteiger charge is 2.09. The Hall–Kier alpha value is -1.62. The van der Waals surface area contributed by atoms with Gasteiger partial charge in [-0.2, -0.15) is 4.98 Å². The smallest absolute Gasteiger partial charge is 0.243 e. The lowest BCUT2D eigenvalue weighted by Gasteiger charge is -2.13. The molecule has 5 nitrogen and oxygen atoms in total. The van der Waals surface area contributed by atoms with E-state index in [-0.39, 0.29) is 12.1 Å². The molecule has 0 aliphatic heterocycles. The van der Waals surface area contributed by atoms with Crippen molar-refractivity contribution in [3.8, 4) is 0 Å². The molecule has 2 rings (SSSR count). The average molecular weight is 220 g/mol. The van der Waals surface area contributed by atoms with E-state index in [0.717, 1.165) is 5.65 Å². The minimum absolute atomic E-state index is 0.150. The lowest BCUT2D eigenvalue weighted by molar-refractivity contribution is 0.179. The Kier molecular flexibility index (Phi) is 3.05. The van der Waals surface area contributed by atoms with Gasteiger partial charge in [-0.05, 0) is 32.4 Å². The molecule has 2 atom stereocenters. The van der Waals surface area contributed by atoms with Gasteiger partial charge in [0.1, 0.15) is 0 Å². The van der Waals surface area contributed by atoms with E-state index in [4.69, 9.17) is 0 Å². The SMILES string of the molecule is CC(O)CC(C)Nc1nc2ccccn2n1. The first-order valence-electron chi connectivity index (χ1n) is 5.41. The van der Waals surface area contributed by atoms with Gasteiger partial charge >= 0.3 is 0 Å². The first-order valence-corrected chi connectivity index (χ1v) is 5.41. The minimum atomic E-state index is -0.320. The number of fused-ring (bicyclic) bond motifs is 1. The molecular weight excluding hydrogens is 204 g/mol. The second-order valence-electron chi connectivity index (χ2n) is 4.07. The molecule has 0 bridgehead atoms. The molecule has 86 valence electrons. The molecule has 2 N–H and O–H groups in total. The number of aliphatic hydroxyl groups excluding tert-OH is 1. The second kappa shape index (κ2) is 4.49. The third-order valence-electron chi connectivity index (χ3n) is 2.31. The highest BCUT2D eigenvalue weighted by Crippen LogP contribution is 2.08. The summed E-state index contributed by atoms with van der Waals surface area (Å²) in [4.78, 5) is 4.32. The monoisotopic (exact) mass is 220 g/mol. The van der Waals surface area contributed by atoms with E-state index < -0.39 is 0 Å². The summed E-state index contributed by atoms with van der Waals surface area (Å²) in [6, 6.07) is 5.88. The summed E-state index contributed by atoms with van der Waals surface area (Å²) < 4.78 is 1.72. The van der Waals surface area contributed by atoms with Gasteiger partial charge in [0.15, 0.2) is 5.65 Å². The van der Waals surface area contributed by atoms with E-state index >= 15 is 0 Å². The van der Waals surface area contributed by atoms with Crippen molar-refractivity contribution in [1.29, 1.82) is 0 Å². The molecule has 0 fully saturated rings. The Bertz CT molecular complexity index is 433. The molecule has 5 heteroatoms. The zero-order chi connectivity index (χ0) is 11.5. The Morgan fingerprint density at radius 2 is 2.25 bits per heavy atom. The van der Waals surface area contributed by atoms with Crippen LogP contribution in [0.4, 0.5) is 5.95 Å². The Labute approximate surface area is 94.1 Å². The van der Waals surface area contributed by atoms with Crippen LogP contribution in [-0.2, 0) is 0 Å². The Morgan fingerprint density at radius 1 is 1.44 bits per heavy atom. The lowest BCUT2D eigenvalue weighted by atomic mass is 10.2. The lowest BCUT2D eigenvalue weighted by Crippen LogP contribution is -2.21. The minimum Gasteiger partial charge on any atom is -0.393 e. The highest BCUT2D eigenvalue weighted by atomic mass is 16.3.